The van der Waals surface area contributed by atoms with Crippen molar-refractivity contribution in [1.82, 2.24) is 0 Å². The number of Topliss-reactive ketones (excluding diaryl/α,β-unsaturated/α-hetero) is 1. The summed E-state index contributed by atoms with van der Waals surface area (Å²) in [6, 6.07) is 8.66. The van der Waals surface area contributed by atoms with Gasteiger partial charge >= 0.3 is 11.9 Å². The van der Waals surface area contributed by atoms with E-state index in [2.05, 4.69) is 5.32 Å². The maximum atomic E-state index is 12.2. The molecule has 1 heterocycles. The summed E-state index contributed by atoms with van der Waals surface area (Å²) in [5.74, 6) is -1.83. The molecule has 1 aliphatic rings. The summed E-state index contributed by atoms with van der Waals surface area (Å²) in [4.78, 5) is 49.2. The van der Waals surface area contributed by atoms with E-state index >= 15 is 0 Å². The molecule has 1 aromatic carbocycles. The topological polar surface area (TPSA) is 98.8 Å². The Labute approximate surface area is 172 Å². The first-order valence-corrected chi connectivity index (χ1v) is 10.1. The molecule has 0 atom stereocenters. The van der Waals surface area contributed by atoms with Gasteiger partial charge in [-0.25, -0.2) is 4.79 Å². The first-order valence-electron chi connectivity index (χ1n) is 9.26. The number of benzene rings is 1. The monoisotopic (exact) mass is 415 g/mol. The number of nitrogens with one attached hydrogen (secondary N) is 1. The number of hydrogen-bond acceptors (Lipinski definition) is 7. The number of esters is 2. The number of carbonyl (C=O) groups excluding carboxylic acids is 4. The standard InChI is InChI=1S/C21H21NO6S/c1-27-21(26)19-14-8-5-9-16(14)29-20(19)22-17(24)12-28-18(25)11-10-15(23)13-6-3-2-4-7-13/h2-4,6-7H,5,8-12H2,1H3,(H,22,24). The molecule has 0 fully saturated rings. The first-order chi connectivity index (χ1) is 14.0. The highest BCUT2D eigenvalue weighted by atomic mass is 32.1. The molecular weight excluding hydrogens is 394 g/mol. The second-order valence-electron chi connectivity index (χ2n) is 6.55. The Balaban J connectivity index is 1.50. The maximum absolute atomic E-state index is 12.2. The maximum Gasteiger partial charge on any atom is 0.341 e. The molecule has 152 valence electrons. The number of hydrogen-bond donors (Lipinski definition) is 1. The van der Waals surface area contributed by atoms with E-state index in [1.807, 2.05) is 0 Å². The van der Waals surface area contributed by atoms with Crippen LogP contribution in [0.1, 0.15) is 50.4 Å². The van der Waals surface area contributed by atoms with Crippen molar-refractivity contribution in [3.63, 3.8) is 0 Å². The van der Waals surface area contributed by atoms with Crippen LogP contribution in [0.3, 0.4) is 0 Å². The Morgan fingerprint density at radius 2 is 1.83 bits per heavy atom. The summed E-state index contributed by atoms with van der Waals surface area (Å²) in [5, 5.41) is 3.05. The van der Waals surface area contributed by atoms with Crippen molar-refractivity contribution in [2.45, 2.75) is 32.1 Å². The van der Waals surface area contributed by atoms with Crippen molar-refractivity contribution < 1.29 is 28.7 Å². The molecule has 0 radical (unpaired) electrons. The average molecular weight is 415 g/mol. The fourth-order valence-electron chi connectivity index (χ4n) is 3.18. The van der Waals surface area contributed by atoms with Crippen LogP contribution in [0.4, 0.5) is 5.00 Å². The average Bonchev–Trinajstić information content (AvgIpc) is 3.31. The molecule has 1 aromatic heterocycles. The van der Waals surface area contributed by atoms with Crippen molar-refractivity contribution >= 4 is 40.0 Å². The lowest BCUT2D eigenvalue weighted by atomic mass is 10.1. The number of rotatable bonds is 8. The summed E-state index contributed by atoms with van der Waals surface area (Å²) in [6.45, 7) is -0.485. The minimum Gasteiger partial charge on any atom is -0.465 e. The van der Waals surface area contributed by atoms with Crippen LogP contribution in [0.2, 0.25) is 0 Å². The molecule has 2 aromatic rings. The first kappa shape index (κ1) is 20.7. The fourth-order valence-corrected chi connectivity index (χ4v) is 4.47. The van der Waals surface area contributed by atoms with Gasteiger partial charge in [-0.3, -0.25) is 14.4 Å². The van der Waals surface area contributed by atoms with E-state index in [9.17, 15) is 19.2 Å². The summed E-state index contributed by atoms with van der Waals surface area (Å²) in [5.41, 5.74) is 1.84. The molecule has 8 heteroatoms. The van der Waals surface area contributed by atoms with Crippen molar-refractivity contribution in [3.05, 3.63) is 51.9 Å². The molecule has 0 spiro atoms. The molecule has 0 saturated carbocycles. The molecule has 0 aliphatic heterocycles. The van der Waals surface area contributed by atoms with E-state index in [-0.39, 0.29) is 18.6 Å². The molecule has 1 amide bonds. The van der Waals surface area contributed by atoms with Gasteiger partial charge in [0.2, 0.25) is 0 Å². The summed E-state index contributed by atoms with van der Waals surface area (Å²) in [7, 11) is 1.30. The number of ketones is 1. The molecule has 3 rings (SSSR count). The quantitative estimate of drug-likeness (QED) is 0.525. The number of carbonyl (C=O) groups is 4. The predicted molar refractivity (Wildman–Crippen MR) is 107 cm³/mol. The van der Waals surface area contributed by atoms with Gasteiger partial charge < -0.3 is 14.8 Å². The van der Waals surface area contributed by atoms with Crippen molar-refractivity contribution in [3.8, 4) is 0 Å². The number of aryl methyl sites for hydroxylation is 1. The van der Waals surface area contributed by atoms with Crippen LogP contribution in [0, 0.1) is 0 Å². The van der Waals surface area contributed by atoms with Crippen molar-refractivity contribution in [1.29, 1.82) is 0 Å². The number of ether oxygens (including phenoxy) is 2. The van der Waals surface area contributed by atoms with Crippen LogP contribution >= 0.6 is 11.3 Å². The van der Waals surface area contributed by atoms with Gasteiger partial charge in [-0.15, -0.1) is 11.3 Å². The minimum atomic E-state index is -0.633. The second-order valence-corrected chi connectivity index (χ2v) is 7.66. The van der Waals surface area contributed by atoms with Gasteiger partial charge in [0.1, 0.15) is 5.00 Å². The zero-order chi connectivity index (χ0) is 20.8. The molecule has 29 heavy (non-hydrogen) atoms. The van der Waals surface area contributed by atoms with E-state index in [1.54, 1.807) is 30.3 Å². The van der Waals surface area contributed by atoms with Gasteiger partial charge in [0.25, 0.3) is 5.91 Å². The number of fused-ring (bicyclic) bond motifs is 1. The predicted octanol–water partition coefficient (Wildman–Crippen LogP) is 3.17. The molecule has 0 bridgehead atoms. The van der Waals surface area contributed by atoms with E-state index in [4.69, 9.17) is 9.47 Å². The van der Waals surface area contributed by atoms with Crippen LogP contribution in [0.25, 0.3) is 0 Å². The lowest BCUT2D eigenvalue weighted by molar-refractivity contribution is -0.147. The van der Waals surface area contributed by atoms with Gasteiger partial charge in [-0.1, -0.05) is 30.3 Å². The van der Waals surface area contributed by atoms with Gasteiger partial charge in [0.05, 0.1) is 19.1 Å². The molecule has 0 saturated heterocycles. The van der Waals surface area contributed by atoms with E-state index in [0.717, 1.165) is 29.7 Å². The Kier molecular flexibility index (Phi) is 6.77. The lowest BCUT2D eigenvalue weighted by Crippen LogP contribution is -2.22. The Morgan fingerprint density at radius 3 is 2.55 bits per heavy atom. The van der Waals surface area contributed by atoms with Crippen LogP contribution in [0.5, 0.6) is 0 Å². The highest BCUT2D eigenvalue weighted by Gasteiger charge is 2.28. The fraction of sp³-hybridized carbons (Fsp3) is 0.333. The number of anilines is 1. The Hall–Kier alpha value is -3.00. The third kappa shape index (κ3) is 5.08. The lowest BCUT2D eigenvalue weighted by Gasteiger charge is -2.08. The highest BCUT2D eigenvalue weighted by Crippen LogP contribution is 2.39. The van der Waals surface area contributed by atoms with Crippen LogP contribution in [-0.4, -0.2) is 37.3 Å². The van der Waals surface area contributed by atoms with Crippen molar-refractivity contribution in [2.75, 3.05) is 19.0 Å². The number of thiophene rings is 1. The van der Waals surface area contributed by atoms with E-state index in [0.29, 0.717) is 16.1 Å². The normalized spacial score (nSPS) is 12.2. The third-order valence-electron chi connectivity index (χ3n) is 4.58. The zero-order valence-electron chi connectivity index (χ0n) is 16.0. The van der Waals surface area contributed by atoms with Crippen LogP contribution in [-0.2, 0) is 31.9 Å². The van der Waals surface area contributed by atoms with E-state index < -0.39 is 24.5 Å². The molecule has 1 aliphatic carbocycles. The third-order valence-corrected chi connectivity index (χ3v) is 5.79. The molecule has 7 nitrogen and oxygen atoms in total. The minimum absolute atomic E-state index is 0.00853. The van der Waals surface area contributed by atoms with Gasteiger partial charge in [0, 0.05) is 16.9 Å². The molecular formula is C21H21NO6S. The van der Waals surface area contributed by atoms with Crippen molar-refractivity contribution in [2.24, 2.45) is 0 Å². The van der Waals surface area contributed by atoms with Gasteiger partial charge in [-0.2, -0.15) is 0 Å². The molecule has 0 unspecified atom stereocenters. The van der Waals surface area contributed by atoms with Gasteiger partial charge in [-0.05, 0) is 24.8 Å². The van der Waals surface area contributed by atoms with Crippen LogP contribution < -0.4 is 5.32 Å². The number of methoxy groups -OCH3 is 1. The van der Waals surface area contributed by atoms with Gasteiger partial charge in [0.15, 0.2) is 12.4 Å². The SMILES string of the molecule is COC(=O)c1c(NC(=O)COC(=O)CCC(=O)c2ccccc2)sc2c1CCC2. The zero-order valence-corrected chi connectivity index (χ0v) is 16.8. The highest BCUT2D eigenvalue weighted by molar-refractivity contribution is 7.17. The second kappa shape index (κ2) is 9.47. The number of amides is 1. The Bertz CT molecular complexity index is 934. The summed E-state index contributed by atoms with van der Waals surface area (Å²) in [6.07, 6.45) is 2.51. The largest absolute Gasteiger partial charge is 0.465 e. The smallest absolute Gasteiger partial charge is 0.341 e. The summed E-state index contributed by atoms with van der Waals surface area (Å²) >= 11 is 1.35. The molecule has 1 N–H and O–H groups in total. The Morgan fingerprint density at radius 1 is 1.07 bits per heavy atom. The summed E-state index contributed by atoms with van der Waals surface area (Å²) < 4.78 is 9.78. The van der Waals surface area contributed by atoms with Crippen LogP contribution in [0.15, 0.2) is 30.3 Å². The van der Waals surface area contributed by atoms with E-state index in [1.165, 1.54) is 18.4 Å².